The topological polar surface area (TPSA) is 34.9 Å². The summed E-state index contributed by atoms with van der Waals surface area (Å²) in [5.74, 6) is -0.525. The van der Waals surface area contributed by atoms with E-state index in [-0.39, 0.29) is 12.2 Å². The van der Waals surface area contributed by atoms with E-state index in [0.29, 0.717) is 16.6 Å². The summed E-state index contributed by atoms with van der Waals surface area (Å²) < 4.78 is 15.7. The van der Waals surface area contributed by atoms with Crippen LogP contribution in [0.15, 0.2) is 28.7 Å². The number of benzene rings is 1. The first-order valence-electron chi connectivity index (χ1n) is 6.59. The third-order valence-corrected chi connectivity index (χ3v) is 3.84. The minimum absolute atomic E-state index is 0.117. The highest BCUT2D eigenvalue weighted by Gasteiger charge is 2.15. The number of nitrogens with zero attached hydrogens (tertiary/aromatic N) is 2. The van der Waals surface area contributed by atoms with Gasteiger partial charge in [-0.05, 0) is 37.6 Å². The van der Waals surface area contributed by atoms with E-state index >= 15 is 0 Å². The van der Waals surface area contributed by atoms with Crippen LogP contribution >= 0.6 is 15.9 Å². The van der Waals surface area contributed by atoms with Gasteiger partial charge in [-0.1, -0.05) is 22.9 Å². The van der Waals surface area contributed by atoms with Crippen molar-refractivity contribution in [2.75, 3.05) is 0 Å². The molecule has 0 saturated carbocycles. The number of aromatic nitrogens is 2. The molecular weight excluding hydrogens is 323 g/mol. The summed E-state index contributed by atoms with van der Waals surface area (Å²) in [5.41, 5.74) is 2.20. The molecule has 0 spiro atoms. The molecule has 0 N–H and O–H groups in total. The first-order valence-corrected chi connectivity index (χ1v) is 7.38. The van der Waals surface area contributed by atoms with Crippen molar-refractivity contribution in [2.45, 2.75) is 33.2 Å². The zero-order valence-corrected chi connectivity index (χ0v) is 13.1. The van der Waals surface area contributed by atoms with Gasteiger partial charge >= 0.3 is 0 Å². The molecule has 1 aromatic carbocycles. The third-order valence-electron chi connectivity index (χ3n) is 3.15. The smallest absolute Gasteiger partial charge is 0.170 e. The zero-order chi connectivity index (χ0) is 14.7. The van der Waals surface area contributed by atoms with Gasteiger partial charge in [0, 0.05) is 22.3 Å². The van der Waals surface area contributed by atoms with Gasteiger partial charge in [0.1, 0.15) is 5.82 Å². The molecular formula is C15H16BrFN2O. The molecule has 1 aromatic heterocycles. The van der Waals surface area contributed by atoms with Crippen molar-refractivity contribution in [3.05, 3.63) is 51.5 Å². The van der Waals surface area contributed by atoms with Crippen molar-refractivity contribution in [3.63, 3.8) is 0 Å². The second-order valence-corrected chi connectivity index (χ2v) is 5.37. The van der Waals surface area contributed by atoms with E-state index in [0.717, 1.165) is 17.8 Å². The molecule has 0 radical (unpaired) electrons. The molecule has 2 rings (SSSR count). The maximum Gasteiger partial charge on any atom is 0.170 e. The van der Waals surface area contributed by atoms with Gasteiger partial charge in [0.15, 0.2) is 5.78 Å². The molecule has 0 aliphatic carbocycles. The molecule has 0 bridgehead atoms. The standard InChI is InChI=1S/C15H16BrFN2O/c1-3-11-8-12(19(4-2)18-11)9-15(20)13-7-10(17)5-6-14(13)16/h5-8H,3-4,9H2,1-2H3. The van der Waals surface area contributed by atoms with E-state index in [1.807, 2.05) is 24.6 Å². The fourth-order valence-corrected chi connectivity index (χ4v) is 2.54. The van der Waals surface area contributed by atoms with E-state index in [1.54, 1.807) is 6.07 Å². The van der Waals surface area contributed by atoms with Crippen molar-refractivity contribution in [2.24, 2.45) is 0 Å². The van der Waals surface area contributed by atoms with Gasteiger partial charge in [-0.15, -0.1) is 0 Å². The minimum atomic E-state index is -0.408. The SMILES string of the molecule is CCc1cc(CC(=O)c2cc(F)ccc2Br)n(CC)n1. The van der Waals surface area contributed by atoms with Crippen LogP contribution in [-0.4, -0.2) is 15.6 Å². The summed E-state index contributed by atoms with van der Waals surface area (Å²) >= 11 is 3.29. The molecule has 5 heteroatoms. The predicted octanol–water partition coefficient (Wildman–Crippen LogP) is 3.79. The normalized spacial score (nSPS) is 10.8. The van der Waals surface area contributed by atoms with Crippen LogP contribution in [0.5, 0.6) is 0 Å². The lowest BCUT2D eigenvalue weighted by Gasteiger charge is -2.06. The fraction of sp³-hybridized carbons (Fsp3) is 0.333. The quantitative estimate of drug-likeness (QED) is 0.777. The molecule has 0 aliphatic rings. The van der Waals surface area contributed by atoms with Crippen LogP contribution in [0.1, 0.15) is 35.6 Å². The lowest BCUT2D eigenvalue weighted by Crippen LogP contribution is -2.10. The lowest BCUT2D eigenvalue weighted by atomic mass is 10.1. The maximum atomic E-state index is 13.3. The number of hydrogen-bond donors (Lipinski definition) is 0. The van der Waals surface area contributed by atoms with Crippen LogP contribution in [0.25, 0.3) is 0 Å². The number of halogens is 2. The average Bonchev–Trinajstić information content (AvgIpc) is 2.83. The molecule has 106 valence electrons. The number of rotatable bonds is 5. The Morgan fingerprint density at radius 2 is 2.10 bits per heavy atom. The molecule has 0 unspecified atom stereocenters. The summed E-state index contributed by atoms with van der Waals surface area (Å²) in [7, 11) is 0. The van der Waals surface area contributed by atoms with Gasteiger partial charge in [0.05, 0.1) is 12.1 Å². The van der Waals surface area contributed by atoms with Crippen LogP contribution in [-0.2, 0) is 19.4 Å². The number of hydrogen-bond acceptors (Lipinski definition) is 2. The number of carbonyl (C=O) groups is 1. The number of Topliss-reactive ketones (excluding diaryl/α,β-unsaturated/α-hetero) is 1. The lowest BCUT2D eigenvalue weighted by molar-refractivity contribution is 0.0989. The highest BCUT2D eigenvalue weighted by Crippen LogP contribution is 2.20. The Morgan fingerprint density at radius 1 is 1.35 bits per heavy atom. The molecule has 3 nitrogen and oxygen atoms in total. The van der Waals surface area contributed by atoms with Gasteiger partial charge in [-0.3, -0.25) is 9.48 Å². The Hall–Kier alpha value is -1.49. The Labute approximate surface area is 125 Å². The Bertz CT molecular complexity index is 637. The van der Waals surface area contributed by atoms with E-state index in [1.165, 1.54) is 12.1 Å². The van der Waals surface area contributed by atoms with Crippen molar-refractivity contribution in [1.29, 1.82) is 0 Å². The van der Waals surface area contributed by atoms with Crippen molar-refractivity contribution >= 4 is 21.7 Å². The first-order chi connectivity index (χ1) is 9.55. The van der Waals surface area contributed by atoms with Gasteiger partial charge in [-0.25, -0.2) is 4.39 Å². The van der Waals surface area contributed by atoms with Gasteiger partial charge in [0.2, 0.25) is 0 Å². The van der Waals surface area contributed by atoms with Crippen LogP contribution < -0.4 is 0 Å². The maximum absolute atomic E-state index is 13.3. The molecule has 20 heavy (non-hydrogen) atoms. The molecule has 2 aromatic rings. The fourth-order valence-electron chi connectivity index (χ4n) is 2.07. The molecule has 1 heterocycles. The van der Waals surface area contributed by atoms with Crippen molar-refractivity contribution in [1.82, 2.24) is 9.78 Å². The molecule has 0 atom stereocenters. The van der Waals surface area contributed by atoms with Crippen LogP contribution in [0, 0.1) is 5.82 Å². The van der Waals surface area contributed by atoms with E-state index < -0.39 is 5.82 Å². The molecule has 0 aliphatic heterocycles. The van der Waals surface area contributed by atoms with Gasteiger partial charge in [0.25, 0.3) is 0 Å². The summed E-state index contributed by atoms with van der Waals surface area (Å²) in [6, 6.07) is 6.08. The second-order valence-electron chi connectivity index (χ2n) is 4.52. The van der Waals surface area contributed by atoms with Gasteiger partial charge < -0.3 is 0 Å². The summed E-state index contributed by atoms with van der Waals surface area (Å²) in [4.78, 5) is 12.3. The highest BCUT2D eigenvalue weighted by atomic mass is 79.9. The predicted molar refractivity (Wildman–Crippen MR) is 79.4 cm³/mol. The third kappa shape index (κ3) is 3.15. The summed E-state index contributed by atoms with van der Waals surface area (Å²) in [6.45, 7) is 4.72. The first kappa shape index (κ1) is 14.9. The van der Waals surface area contributed by atoms with Gasteiger partial charge in [-0.2, -0.15) is 5.10 Å². The Balaban J connectivity index is 2.27. The van der Waals surface area contributed by atoms with Crippen LogP contribution in [0.3, 0.4) is 0 Å². The number of carbonyl (C=O) groups excluding carboxylic acids is 1. The average molecular weight is 339 g/mol. The van der Waals surface area contributed by atoms with Crippen molar-refractivity contribution in [3.8, 4) is 0 Å². The molecule has 0 amide bonds. The monoisotopic (exact) mass is 338 g/mol. The Kier molecular flexibility index (Phi) is 4.70. The van der Waals surface area contributed by atoms with E-state index in [2.05, 4.69) is 21.0 Å². The summed E-state index contributed by atoms with van der Waals surface area (Å²) in [5, 5.41) is 4.41. The molecule has 0 saturated heterocycles. The zero-order valence-electron chi connectivity index (χ0n) is 11.5. The second kappa shape index (κ2) is 6.31. The summed E-state index contributed by atoms with van der Waals surface area (Å²) in [6.07, 6.45) is 1.06. The van der Waals surface area contributed by atoms with E-state index in [9.17, 15) is 9.18 Å². The Morgan fingerprint density at radius 3 is 2.75 bits per heavy atom. The largest absolute Gasteiger partial charge is 0.294 e. The van der Waals surface area contributed by atoms with E-state index in [4.69, 9.17) is 0 Å². The number of ketones is 1. The highest BCUT2D eigenvalue weighted by molar-refractivity contribution is 9.10. The van der Waals surface area contributed by atoms with Crippen LogP contribution in [0.2, 0.25) is 0 Å². The van der Waals surface area contributed by atoms with Crippen LogP contribution in [0.4, 0.5) is 4.39 Å². The minimum Gasteiger partial charge on any atom is -0.294 e. The van der Waals surface area contributed by atoms with Crippen molar-refractivity contribution < 1.29 is 9.18 Å². The number of aryl methyl sites for hydroxylation is 2. The molecule has 0 fully saturated rings.